The van der Waals surface area contributed by atoms with Crippen molar-refractivity contribution in [2.45, 2.75) is 51.5 Å². The fourth-order valence-electron chi connectivity index (χ4n) is 4.36. The van der Waals surface area contributed by atoms with Gasteiger partial charge in [0, 0.05) is 22.9 Å². The van der Waals surface area contributed by atoms with Crippen molar-refractivity contribution in [2.75, 3.05) is 0 Å². The second kappa shape index (κ2) is 9.09. The lowest BCUT2D eigenvalue weighted by molar-refractivity contribution is 0.293. The van der Waals surface area contributed by atoms with E-state index in [-0.39, 0.29) is 0 Å². The first-order valence-electron chi connectivity index (χ1n) is 10.8. The lowest BCUT2D eigenvalue weighted by Gasteiger charge is -2.37. The van der Waals surface area contributed by atoms with Gasteiger partial charge in [-0.2, -0.15) is 0 Å². The molecule has 2 aromatic carbocycles. The van der Waals surface area contributed by atoms with Crippen LogP contribution in [0.15, 0.2) is 89.6 Å². The van der Waals surface area contributed by atoms with Gasteiger partial charge in [0.15, 0.2) is 0 Å². The van der Waals surface area contributed by atoms with E-state index in [9.17, 15) is 0 Å². The van der Waals surface area contributed by atoms with Gasteiger partial charge in [-0.1, -0.05) is 92.6 Å². The van der Waals surface area contributed by atoms with E-state index in [2.05, 4.69) is 85.2 Å². The van der Waals surface area contributed by atoms with Crippen LogP contribution in [-0.2, 0) is 6.42 Å². The van der Waals surface area contributed by atoms with Gasteiger partial charge in [0.25, 0.3) is 0 Å². The molecule has 0 unspecified atom stereocenters. The van der Waals surface area contributed by atoms with Gasteiger partial charge in [0.1, 0.15) is 0 Å². The fourth-order valence-corrected chi connectivity index (χ4v) is 4.36. The molecule has 0 atom stereocenters. The maximum Gasteiger partial charge on any atom is 0.0959 e. The number of hydrogen-bond acceptors (Lipinski definition) is 2. The number of rotatable bonds is 5. The van der Waals surface area contributed by atoms with Gasteiger partial charge in [0.2, 0.25) is 0 Å². The van der Waals surface area contributed by atoms with E-state index >= 15 is 0 Å². The molecule has 0 bridgehead atoms. The molecule has 0 saturated heterocycles. The highest BCUT2D eigenvalue weighted by atomic mass is 15.2. The van der Waals surface area contributed by atoms with Crippen LogP contribution in [0.2, 0.25) is 0 Å². The summed E-state index contributed by atoms with van der Waals surface area (Å²) < 4.78 is 0. The summed E-state index contributed by atoms with van der Waals surface area (Å²) >= 11 is 0. The minimum Gasteiger partial charge on any atom is -0.329 e. The van der Waals surface area contributed by atoms with Crippen molar-refractivity contribution in [3.8, 4) is 0 Å². The Balaban J connectivity index is 1.67. The molecule has 4 rings (SSSR count). The third kappa shape index (κ3) is 4.42. The minimum atomic E-state index is 0.524. The molecule has 0 aromatic heterocycles. The molecule has 148 valence electrons. The molecule has 29 heavy (non-hydrogen) atoms. The highest BCUT2D eigenvalue weighted by Gasteiger charge is 2.26. The molecule has 1 fully saturated rings. The van der Waals surface area contributed by atoms with Gasteiger partial charge in [-0.15, -0.1) is 0 Å². The molecule has 2 aromatic rings. The van der Waals surface area contributed by atoms with Crippen molar-refractivity contribution in [1.29, 1.82) is 0 Å². The topological polar surface area (TPSA) is 15.6 Å². The van der Waals surface area contributed by atoms with Crippen LogP contribution in [-0.4, -0.2) is 17.3 Å². The SMILES string of the molecule is C=C1C(/C=C/Cc2ccccc2)=C(c2ccccc2C)N=CN1C1CCCCC1. The van der Waals surface area contributed by atoms with Crippen LogP contribution in [0.4, 0.5) is 0 Å². The number of nitrogens with zero attached hydrogens (tertiary/aromatic N) is 2. The molecule has 2 aliphatic rings. The molecule has 1 aliphatic heterocycles. The van der Waals surface area contributed by atoms with E-state index in [1.165, 1.54) is 48.8 Å². The second-order valence-corrected chi connectivity index (χ2v) is 8.06. The van der Waals surface area contributed by atoms with Crippen molar-refractivity contribution < 1.29 is 0 Å². The van der Waals surface area contributed by atoms with Crippen LogP contribution in [0.3, 0.4) is 0 Å². The highest BCUT2D eigenvalue weighted by molar-refractivity contribution is 5.85. The van der Waals surface area contributed by atoms with Crippen molar-refractivity contribution in [1.82, 2.24) is 4.90 Å². The molecule has 2 nitrogen and oxygen atoms in total. The van der Waals surface area contributed by atoms with Crippen LogP contribution in [0.5, 0.6) is 0 Å². The second-order valence-electron chi connectivity index (χ2n) is 8.06. The summed E-state index contributed by atoms with van der Waals surface area (Å²) in [7, 11) is 0. The van der Waals surface area contributed by atoms with Crippen LogP contribution in [0.25, 0.3) is 5.70 Å². The summed E-state index contributed by atoms with van der Waals surface area (Å²) in [6.07, 6.45) is 13.8. The lowest BCUT2D eigenvalue weighted by Crippen LogP contribution is -2.36. The summed E-state index contributed by atoms with van der Waals surface area (Å²) in [5.41, 5.74) is 7.00. The van der Waals surface area contributed by atoms with Crippen molar-refractivity contribution in [2.24, 2.45) is 4.99 Å². The van der Waals surface area contributed by atoms with E-state index in [1.54, 1.807) is 0 Å². The molecule has 0 amide bonds. The lowest BCUT2D eigenvalue weighted by atomic mass is 9.92. The Kier molecular flexibility index (Phi) is 6.09. The fraction of sp³-hybridized carbons (Fsp3) is 0.296. The monoisotopic (exact) mass is 382 g/mol. The zero-order chi connectivity index (χ0) is 20.1. The highest BCUT2D eigenvalue weighted by Crippen LogP contribution is 2.35. The van der Waals surface area contributed by atoms with E-state index in [4.69, 9.17) is 4.99 Å². The summed E-state index contributed by atoms with van der Waals surface area (Å²) in [5.74, 6) is 0. The average Bonchev–Trinajstić information content (AvgIpc) is 2.77. The number of hydrogen-bond donors (Lipinski definition) is 0. The molecule has 1 saturated carbocycles. The Bertz CT molecular complexity index is 944. The zero-order valence-corrected chi connectivity index (χ0v) is 17.3. The molecular weight excluding hydrogens is 352 g/mol. The standard InChI is InChI=1S/C27H30N2/c1-21-12-9-10-18-25(21)27-26(19-11-15-23-13-5-3-6-14-23)22(2)29(20-28-27)24-16-7-4-8-17-24/h3,5-6,9-14,18-20,24H,2,4,7-8,15-17H2,1H3/b19-11+. The Morgan fingerprint density at radius 3 is 2.48 bits per heavy atom. The first kappa shape index (κ1) is 19.4. The average molecular weight is 383 g/mol. The van der Waals surface area contributed by atoms with E-state index < -0.39 is 0 Å². The van der Waals surface area contributed by atoms with Crippen LogP contribution >= 0.6 is 0 Å². The number of aliphatic imine (C=N–C) groups is 1. The molecule has 1 aliphatic carbocycles. The van der Waals surface area contributed by atoms with Gasteiger partial charge >= 0.3 is 0 Å². The summed E-state index contributed by atoms with van der Waals surface area (Å²) in [6, 6.07) is 19.6. The van der Waals surface area contributed by atoms with Crippen LogP contribution < -0.4 is 0 Å². The Labute approximate surface area is 175 Å². The molecule has 0 spiro atoms. The number of allylic oxidation sites excluding steroid dienone is 2. The predicted octanol–water partition coefficient (Wildman–Crippen LogP) is 6.70. The molecule has 0 radical (unpaired) electrons. The zero-order valence-electron chi connectivity index (χ0n) is 17.3. The summed E-state index contributed by atoms with van der Waals surface area (Å²) in [5, 5.41) is 0. The van der Waals surface area contributed by atoms with E-state index in [1.807, 2.05) is 6.34 Å². The van der Waals surface area contributed by atoms with Crippen LogP contribution in [0, 0.1) is 6.92 Å². The first-order chi connectivity index (χ1) is 14.2. The van der Waals surface area contributed by atoms with Gasteiger partial charge < -0.3 is 4.90 Å². The third-order valence-corrected chi connectivity index (χ3v) is 6.04. The largest absolute Gasteiger partial charge is 0.329 e. The third-order valence-electron chi connectivity index (χ3n) is 6.04. The Morgan fingerprint density at radius 2 is 1.72 bits per heavy atom. The maximum atomic E-state index is 4.94. The Morgan fingerprint density at radius 1 is 1.00 bits per heavy atom. The van der Waals surface area contributed by atoms with Gasteiger partial charge in [-0.3, -0.25) is 0 Å². The molecule has 1 heterocycles. The van der Waals surface area contributed by atoms with E-state index in [0.29, 0.717) is 6.04 Å². The van der Waals surface area contributed by atoms with Gasteiger partial charge in [-0.25, -0.2) is 4.99 Å². The smallest absolute Gasteiger partial charge is 0.0959 e. The van der Waals surface area contributed by atoms with Gasteiger partial charge in [0.05, 0.1) is 12.0 Å². The Hall–Kier alpha value is -2.87. The number of aryl methyl sites for hydroxylation is 1. The number of benzene rings is 2. The quantitative estimate of drug-likeness (QED) is 0.562. The van der Waals surface area contributed by atoms with Gasteiger partial charge in [-0.05, 0) is 37.3 Å². The normalized spacial score (nSPS) is 18.1. The van der Waals surface area contributed by atoms with Crippen molar-refractivity contribution in [3.05, 3.63) is 101 Å². The van der Waals surface area contributed by atoms with E-state index in [0.717, 1.165) is 23.4 Å². The first-order valence-corrected chi connectivity index (χ1v) is 10.8. The van der Waals surface area contributed by atoms with Crippen LogP contribution in [0.1, 0.15) is 48.8 Å². The van der Waals surface area contributed by atoms with Crippen molar-refractivity contribution >= 4 is 12.0 Å². The summed E-state index contributed by atoms with van der Waals surface area (Å²) in [4.78, 5) is 7.27. The molecule has 2 heteroatoms. The minimum absolute atomic E-state index is 0.524. The molecule has 0 N–H and O–H groups in total. The van der Waals surface area contributed by atoms with Crippen molar-refractivity contribution in [3.63, 3.8) is 0 Å². The molecular formula is C27H30N2. The summed E-state index contributed by atoms with van der Waals surface area (Å²) in [6.45, 7) is 6.66. The maximum absolute atomic E-state index is 4.94. The predicted molar refractivity (Wildman–Crippen MR) is 124 cm³/mol.